The Kier molecular flexibility index (Phi) is 6.46. The van der Waals surface area contributed by atoms with Crippen molar-refractivity contribution in [1.82, 2.24) is 15.0 Å². The number of nitrogens with zero attached hydrogens (tertiary/aromatic N) is 3. The molecule has 212 valence electrons. The zero-order valence-corrected chi connectivity index (χ0v) is 25.0. The third-order valence-electron chi connectivity index (χ3n) is 9.08. The van der Waals surface area contributed by atoms with E-state index in [-0.39, 0.29) is 16.6 Å². The van der Waals surface area contributed by atoms with Gasteiger partial charge in [-0.05, 0) is 74.9 Å². The monoisotopic (exact) mass is 563 g/mol. The van der Waals surface area contributed by atoms with Crippen LogP contribution in [0.5, 0.6) is 0 Å². The van der Waals surface area contributed by atoms with Crippen molar-refractivity contribution in [2.75, 3.05) is 0 Å². The van der Waals surface area contributed by atoms with Crippen molar-refractivity contribution in [1.29, 1.82) is 0 Å². The molecule has 3 nitrogen and oxygen atoms in total. The van der Waals surface area contributed by atoms with E-state index >= 15 is 0 Å². The Labute approximate surface area is 252 Å². The van der Waals surface area contributed by atoms with Gasteiger partial charge in [-0.3, -0.25) is 0 Å². The predicted molar refractivity (Wildman–Crippen MR) is 174 cm³/mol. The van der Waals surface area contributed by atoms with Crippen molar-refractivity contribution in [3.8, 4) is 45.3 Å². The normalized spacial score (nSPS) is 15.3. The molecule has 0 radical (unpaired) electrons. The van der Waals surface area contributed by atoms with Gasteiger partial charge in [0.05, 0.1) is 0 Å². The van der Waals surface area contributed by atoms with Crippen molar-refractivity contribution >= 4 is 10.8 Å². The van der Waals surface area contributed by atoms with E-state index in [2.05, 4.69) is 82.3 Å². The van der Waals surface area contributed by atoms with Gasteiger partial charge in [0, 0.05) is 16.7 Å². The molecular weight excluding hydrogens is 529 g/mol. The molecule has 1 aliphatic carbocycles. The Morgan fingerprint density at radius 2 is 1.07 bits per heavy atom. The molecule has 7 rings (SSSR count). The SMILES string of the molecule is CC1(C)CCC(C)(C)c2cc(-c3ccc(-c4nc(-c5ccccc5)nc(-c5cccc(F)c5)n4)c4ccccc34)ccc21. The van der Waals surface area contributed by atoms with Crippen molar-refractivity contribution in [2.24, 2.45) is 0 Å². The Hall–Kier alpha value is -4.70. The number of halogens is 1. The first-order chi connectivity index (χ1) is 20.7. The zero-order valence-electron chi connectivity index (χ0n) is 25.0. The average molecular weight is 564 g/mol. The fourth-order valence-electron chi connectivity index (χ4n) is 6.47. The summed E-state index contributed by atoms with van der Waals surface area (Å²) < 4.78 is 14.2. The summed E-state index contributed by atoms with van der Waals surface area (Å²) in [6, 6.07) is 36.1. The highest BCUT2D eigenvalue weighted by Crippen LogP contribution is 2.47. The summed E-state index contributed by atoms with van der Waals surface area (Å²) in [5.41, 5.74) is 8.00. The lowest BCUT2D eigenvalue weighted by Crippen LogP contribution is -2.33. The van der Waals surface area contributed by atoms with Crippen LogP contribution >= 0.6 is 0 Å². The molecule has 0 saturated carbocycles. The zero-order chi connectivity index (χ0) is 29.8. The fourth-order valence-corrected chi connectivity index (χ4v) is 6.47. The van der Waals surface area contributed by atoms with E-state index in [1.807, 2.05) is 36.4 Å². The van der Waals surface area contributed by atoms with Gasteiger partial charge in [-0.1, -0.05) is 119 Å². The van der Waals surface area contributed by atoms with Crippen LogP contribution < -0.4 is 0 Å². The molecule has 5 aromatic carbocycles. The van der Waals surface area contributed by atoms with Crippen LogP contribution in [0.25, 0.3) is 56.1 Å². The molecule has 0 amide bonds. The molecule has 0 atom stereocenters. The number of hydrogen-bond acceptors (Lipinski definition) is 3. The van der Waals surface area contributed by atoms with Gasteiger partial charge in [0.25, 0.3) is 0 Å². The Morgan fingerprint density at radius 1 is 0.488 bits per heavy atom. The standard InChI is InChI=1S/C39H34FN3/c1-38(2)21-22-39(3,4)34-24-26(17-20-33(34)38)29-18-19-32(31-16-9-8-15-30(29)31)37-42-35(25-11-6-5-7-12-25)41-36(43-37)27-13-10-14-28(40)23-27/h5-20,23-24H,21-22H2,1-4H3. The van der Waals surface area contributed by atoms with Gasteiger partial charge in [-0.25, -0.2) is 19.3 Å². The van der Waals surface area contributed by atoms with E-state index in [1.54, 1.807) is 6.07 Å². The maximum atomic E-state index is 14.2. The molecule has 1 heterocycles. The van der Waals surface area contributed by atoms with Crippen LogP contribution in [0, 0.1) is 5.82 Å². The third kappa shape index (κ3) is 4.91. The second-order valence-electron chi connectivity index (χ2n) is 12.9. The van der Waals surface area contributed by atoms with E-state index in [0.717, 1.165) is 21.9 Å². The van der Waals surface area contributed by atoms with Crippen LogP contribution in [0.1, 0.15) is 51.7 Å². The Morgan fingerprint density at radius 3 is 1.79 bits per heavy atom. The highest BCUT2D eigenvalue weighted by atomic mass is 19.1. The minimum absolute atomic E-state index is 0.128. The fraction of sp³-hybridized carbons (Fsp3) is 0.205. The molecule has 4 heteroatoms. The van der Waals surface area contributed by atoms with Gasteiger partial charge in [0.2, 0.25) is 0 Å². The average Bonchev–Trinajstić information content (AvgIpc) is 3.03. The van der Waals surface area contributed by atoms with Crippen LogP contribution in [0.4, 0.5) is 4.39 Å². The van der Waals surface area contributed by atoms with Crippen LogP contribution in [-0.2, 0) is 10.8 Å². The van der Waals surface area contributed by atoms with Gasteiger partial charge >= 0.3 is 0 Å². The first kappa shape index (κ1) is 27.2. The highest BCUT2D eigenvalue weighted by molar-refractivity contribution is 6.04. The summed E-state index contributed by atoms with van der Waals surface area (Å²) in [5.74, 6) is 1.23. The molecule has 1 aliphatic rings. The first-order valence-corrected chi connectivity index (χ1v) is 14.9. The minimum Gasteiger partial charge on any atom is -0.208 e. The van der Waals surface area contributed by atoms with Crippen LogP contribution in [0.15, 0.2) is 109 Å². The summed E-state index contributed by atoms with van der Waals surface area (Å²) in [4.78, 5) is 14.6. The summed E-state index contributed by atoms with van der Waals surface area (Å²) in [6.07, 6.45) is 2.37. The number of hydrogen-bond donors (Lipinski definition) is 0. The highest BCUT2D eigenvalue weighted by Gasteiger charge is 2.37. The lowest BCUT2D eigenvalue weighted by Gasteiger charge is -2.42. The van der Waals surface area contributed by atoms with E-state index in [9.17, 15) is 4.39 Å². The summed E-state index contributed by atoms with van der Waals surface area (Å²) in [5, 5.41) is 2.20. The number of fused-ring (bicyclic) bond motifs is 2. The first-order valence-electron chi connectivity index (χ1n) is 14.9. The second kappa shape index (κ2) is 10.2. The Balaban J connectivity index is 1.42. The number of rotatable bonds is 4. The third-order valence-corrected chi connectivity index (χ3v) is 9.08. The predicted octanol–water partition coefficient (Wildman–Crippen LogP) is 10.2. The van der Waals surface area contributed by atoms with Crippen LogP contribution in [0.3, 0.4) is 0 Å². The van der Waals surface area contributed by atoms with Crippen molar-refractivity contribution < 1.29 is 4.39 Å². The quantitative estimate of drug-likeness (QED) is 0.214. The second-order valence-corrected chi connectivity index (χ2v) is 12.9. The van der Waals surface area contributed by atoms with Gasteiger partial charge < -0.3 is 0 Å². The smallest absolute Gasteiger partial charge is 0.164 e. The number of aromatic nitrogens is 3. The Bertz CT molecular complexity index is 1990. The topological polar surface area (TPSA) is 38.7 Å². The van der Waals surface area contributed by atoms with Crippen LogP contribution in [0.2, 0.25) is 0 Å². The van der Waals surface area contributed by atoms with E-state index < -0.39 is 0 Å². The molecule has 0 spiro atoms. The molecule has 0 fully saturated rings. The largest absolute Gasteiger partial charge is 0.208 e. The molecule has 0 unspecified atom stereocenters. The molecule has 0 saturated heterocycles. The van der Waals surface area contributed by atoms with Gasteiger partial charge in [-0.15, -0.1) is 0 Å². The van der Waals surface area contributed by atoms with Gasteiger partial charge in [-0.2, -0.15) is 0 Å². The molecule has 0 bridgehead atoms. The van der Waals surface area contributed by atoms with E-state index in [1.165, 1.54) is 47.2 Å². The lowest BCUT2D eigenvalue weighted by atomic mass is 9.63. The van der Waals surface area contributed by atoms with Crippen molar-refractivity contribution in [3.05, 3.63) is 126 Å². The lowest BCUT2D eigenvalue weighted by molar-refractivity contribution is 0.332. The van der Waals surface area contributed by atoms with Gasteiger partial charge in [0.1, 0.15) is 5.82 Å². The molecule has 1 aromatic heterocycles. The number of benzene rings is 5. The molecule has 0 N–H and O–H groups in total. The summed E-state index contributed by atoms with van der Waals surface area (Å²) >= 11 is 0. The van der Waals surface area contributed by atoms with E-state index in [0.29, 0.717) is 23.0 Å². The molecule has 43 heavy (non-hydrogen) atoms. The maximum Gasteiger partial charge on any atom is 0.164 e. The summed E-state index contributed by atoms with van der Waals surface area (Å²) in [7, 11) is 0. The molecular formula is C39H34FN3. The van der Waals surface area contributed by atoms with E-state index in [4.69, 9.17) is 15.0 Å². The minimum atomic E-state index is -0.327. The molecule has 0 aliphatic heterocycles. The molecule has 6 aromatic rings. The van der Waals surface area contributed by atoms with Gasteiger partial charge in [0.15, 0.2) is 17.5 Å². The van der Waals surface area contributed by atoms with Crippen molar-refractivity contribution in [3.63, 3.8) is 0 Å². The van der Waals surface area contributed by atoms with Crippen molar-refractivity contribution in [2.45, 2.75) is 51.4 Å². The summed E-state index contributed by atoms with van der Waals surface area (Å²) in [6.45, 7) is 9.46. The maximum absolute atomic E-state index is 14.2. The van der Waals surface area contributed by atoms with Crippen LogP contribution in [-0.4, -0.2) is 15.0 Å².